The number of aromatic nitrogens is 1. The van der Waals surface area contributed by atoms with E-state index < -0.39 is 0 Å². The molecule has 1 aromatic heterocycles. The number of nitrogens with two attached hydrogens (primary N) is 1. The van der Waals surface area contributed by atoms with Crippen LogP contribution in [0.5, 0.6) is 0 Å². The highest BCUT2D eigenvalue weighted by Crippen LogP contribution is 2.31. The van der Waals surface area contributed by atoms with Crippen molar-refractivity contribution in [2.24, 2.45) is 5.84 Å². The van der Waals surface area contributed by atoms with Gasteiger partial charge in [0.15, 0.2) is 0 Å². The van der Waals surface area contributed by atoms with Crippen LogP contribution in [0.3, 0.4) is 0 Å². The summed E-state index contributed by atoms with van der Waals surface area (Å²) in [6, 6.07) is 16.1. The van der Waals surface area contributed by atoms with E-state index >= 15 is 0 Å². The molecule has 3 heteroatoms. The lowest BCUT2D eigenvalue weighted by Gasteiger charge is -2.17. The number of rotatable bonds is 1. The van der Waals surface area contributed by atoms with Crippen LogP contribution in [0.2, 0.25) is 0 Å². The number of fused-ring (bicyclic) bond motifs is 2. The standard InChI is InChI=1S/C14H13N3/c1-17(15)14-10-6-2-4-8-12(10)16-13-9-5-3-7-11(13)14/h2-9H,15H2,1H3. The van der Waals surface area contributed by atoms with Crippen LogP contribution in [-0.2, 0) is 0 Å². The summed E-state index contributed by atoms with van der Waals surface area (Å²) in [5.74, 6) is 5.95. The molecule has 2 N–H and O–H groups in total. The third-order valence-corrected chi connectivity index (χ3v) is 2.91. The highest BCUT2D eigenvalue weighted by Gasteiger charge is 2.09. The van der Waals surface area contributed by atoms with Crippen LogP contribution in [-0.4, -0.2) is 12.0 Å². The molecule has 84 valence electrons. The second-order valence-electron chi connectivity index (χ2n) is 4.11. The highest BCUT2D eigenvalue weighted by molar-refractivity contribution is 6.07. The SMILES string of the molecule is CN(N)c1c2ccccc2nc2ccccc12. The Hall–Kier alpha value is -2.13. The normalized spacial score (nSPS) is 10.9. The molecular weight excluding hydrogens is 210 g/mol. The quantitative estimate of drug-likeness (QED) is 0.392. The molecule has 0 aliphatic carbocycles. The number of hydrogen-bond donors (Lipinski definition) is 1. The number of nitrogens with zero attached hydrogens (tertiary/aromatic N) is 2. The topological polar surface area (TPSA) is 42.1 Å². The third kappa shape index (κ3) is 1.52. The van der Waals surface area contributed by atoms with Crippen LogP contribution in [0.4, 0.5) is 5.69 Å². The monoisotopic (exact) mass is 223 g/mol. The average Bonchev–Trinajstić information content (AvgIpc) is 2.35. The Kier molecular flexibility index (Phi) is 2.20. The predicted octanol–water partition coefficient (Wildman–Crippen LogP) is 2.70. The van der Waals surface area contributed by atoms with Crippen molar-refractivity contribution < 1.29 is 0 Å². The first-order valence-electron chi connectivity index (χ1n) is 5.53. The largest absolute Gasteiger partial charge is 0.313 e. The Morgan fingerprint density at radius 2 is 1.35 bits per heavy atom. The van der Waals surface area contributed by atoms with Crippen molar-refractivity contribution in [3.63, 3.8) is 0 Å². The number of para-hydroxylation sites is 2. The van der Waals surface area contributed by atoms with Crippen LogP contribution in [0.1, 0.15) is 0 Å². The Morgan fingerprint density at radius 1 is 0.882 bits per heavy atom. The molecule has 0 aliphatic rings. The lowest BCUT2D eigenvalue weighted by molar-refractivity contribution is 1.03. The van der Waals surface area contributed by atoms with Crippen molar-refractivity contribution in [3.8, 4) is 0 Å². The van der Waals surface area contributed by atoms with Crippen molar-refractivity contribution in [1.29, 1.82) is 0 Å². The molecule has 1 heterocycles. The molecule has 17 heavy (non-hydrogen) atoms. The number of anilines is 1. The second kappa shape index (κ2) is 3.71. The van der Waals surface area contributed by atoms with Gasteiger partial charge in [0, 0.05) is 17.8 Å². The molecule has 0 saturated carbocycles. The maximum absolute atomic E-state index is 5.95. The minimum atomic E-state index is 0.971. The van der Waals surface area contributed by atoms with Gasteiger partial charge in [-0.05, 0) is 12.1 Å². The van der Waals surface area contributed by atoms with Gasteiger partial charge in [0.1, 0.15) is 0 Å². The second-order valence-corrected chi connectivity index (χ2v) is 4.11. The molecular formula is C14H13N3. The van der Waals surface area contributed by atoms with Crippen LogP contribution in [0.15, 0.2) is 48.5 Å². The highest BCUT2D eigenvalue weighted by atomic mass is 15.4. The molecule has 0 aliphatic heterocycles. The fraction of sp³-hybridized carbons (Fsp3) is 0.0714. The van der Waals surface area contributed by atoms with Gasteiger partial charge in [0.05, 0.1) is 16.7 Å². The Morgan fingerprint density at radius 3 is 1.82 bits per heavy atom. The molecule has 0 saturated heterocycles. The summed E-state index contributed by atoms with van der Waals surface area (Å²) >= 11 is 0. The number of hydrogen-bond acceptors (Lipinski definition) is 3. The molecule has 0 amide bonds. The zero-order chi connectivity index (χ0) is 11.8. The molecule has 0 bridgehead atoms. The van der Waals surface area contributed by atoms with E-state index in [1.807, 2.05) is 55.6 Å². The van der Waals surface area contributed by atoms with E-state index in [2.05, 4.69) is 4.98 Å². The molecule has 3 aromatic rings. The molecule has 0 atom stereocenters. The molecule has 3 rings (SSSR count). The minimum absolute atomic E-state index is 0.971. The molecule has 0 unspecified atom stereocenters. The van der Waals surface area contributed by atoms with Gasteiger partial charge in [0.25, 0.3) is 0 Å². The summed E-state index contributed by atoms with van der Waals surface area (Å²) in [6.45, 7) is 0. The zero-order valence-electron chi connectivity index (χ0n) is 9.59. The van der Waals surface area contributed by atoms with E-state index in [0.29, 0.717) is 0 Å². The first-order valence-corrected chi connectivity index (χ1v) is 5.53. The third-order valence-electron chi connectivity index (χ3n) is 2.91. The van der Waals surface area contributed by atoms with E-state index in [-0.39, 0.29) is 0 Å². The smallest absolute Gasteiger partial charge is 0.0731 e. The Balaban J connectivity index is 2.56. The van der Waals surface area contributed by atoms with Gasteiger partial charge in [-0.25, -0.2) is 10.8 Å². The molecule has 0 fully saturated rings. The summed E-state index contributed by atoms with van der Waals surface area (Å²) in [4.78, 5) is 4.64. The van der Waals surface area contributed by atoms with Gasteiger partial charge in [-0.3, -0.25) is 0 Å². The van der Waals surface area contributed by atoms with Crippen LogP contribution in [0, 0.1) is 0 Å². The number of hydrazine groups is 1. The fourth-order valence-electron chi connectivity index (χ4n) is 2.20. The van der Waals surface area contributed by atoms with Gasteiger partial charge in [-0.15, -0.1) is 0 Å². The first-order chi connectivity index (χ1) is 8.27. The molecule has 0 spiro atoms. The summed E-state index contributed by atoms with van der Waals surface area (Å²) in [6.07, 6.45) is 0. The fourth-order valence-corrected chi connectivity index (χ4v) is 2.20. The zero-order valence-corrected chi connectivity index (χ0v) is 9.59. The lowest BCUT2D eigenvalue weighted by Crippen LogP contribution is -2.25. The predicted molar refractivity (Wildman–Crippen MR) is 71.8 cm³/mol. The Labute approximate surface area is 99.4 Å². The van der Waals surface area contributed by atoms with Crippen molar-refractivity contribution in [3.05, 3.63) is 48.5 Å². The molecule has 0 radical (unpaired) electrons. The lowest BCUT2D eigenvalue weighted by atomic mass is 10.1. The van der Waals surface area contributed by atoms with Gasteiger partial charge in [-0.2, -0.15) is 0 Å². The first kappa shape index (κ1) is 10.1. The maximum atomic E-state index is 5.95. The van der Waals surface area contributed by atoms with E-state index in [1.165, 1.54) is 0 Å². The van der Waals surface area contributed by atoms with Crippen molar-refractivity contribution in [1.82, 2.24) is 4.98 Å². The summed E-state index contributed by atoms with van der Waals surface area (Å²) in [5.41, 5.74) is 2.96. The van der Waals surface area contributed by atoms with E-state index in [4.69, 9.17) is 5.84 Å². The number of pyridine rings is 1. The molecule has 2 aromatic carbocycles. The summed E-state index contributed by atoms with van der Waals surface area (Å²) < 4.78 is 0. The summed E-state index contributed by atoms with van der Waals surface area (Å²) in [5, 5.41) is 3.82. The van der Waals surface area contributed by atoms with E-state index in [9.17, 15) is 0 Å². The van der Waals surface area contributed by atoms with E-state index in [0.717, 1.165) is 27.5 Å². The minimum Gasteiger partial charge on any atom is -0.313 e. The van der Waals surface area contributed by atoms with Crippen LogP contribution >= 0.6 is 0 Å². The molecule has 3 nitrogen and oxygen atoms in total. The van der Waals surface area contributed by atoms with Crippen molar-refractivity contribution in [2.45, 2.75) is 0 Å². The van der Waals surface area contributed by atoms with Crippen molar-refractivity contribution >= 4 is 27.5 Å². The van der Waals surface area contributed by atoms with Gasteiger partial charge < -0.3 is 5.01 Å². The number of benzene rings is 2. The Bertz CT molecular complexity index is 635. The van der Waals surface area contributed by atoms with Crippen LogP contribution < -0.4 is 10.9 Å². The average molecular weight is 223 g/mol. The van der Waals surface area contributed by atoms with Crippen molar-refractivity contribution in [2.75, 3.05) is 12.1 Å². The van der Waals surface area contributed by atoms with Gasteiger partial charge in [0.2, 0.25) is 0 Å². The van der Waals surface area contributed by atoms with Crippen LogP contribution in [0.25, 0.3) is 21.8 Å². The maximum Gasteiger partial charge on any atom is 0.0731 e. The summed E-state index contributed by atoms with van der Waals surface area (Å²) in [7, 11) is 1.86. The van der Waals surface area contributed by atoms with E-state index in [1.54, 1.807) is 5.01 Å². The van der Waals surface area contributed by atoms with Gasteiger partial charge >= 0.3 is 0 Å². The van der Waals surface area contributed by atoms with Gasteiger partial charge in [-0.1, -0.05) is 36.4 Å².